The van der Waals surface area contributed by atoms with Crippen molar-refractivity contribution in [1.82, 2.24) is 10.3 Å². The third kappa shape index (κ3) is 4.28. The van der Waals surface area contributed by atoms with Gasteiger partial charge in [0.05, 0.1) is 11.6 Å². The summed E-state index contributed by atoms with van der Waals surface area (Å²) in [6.45, 7) is 2.06. The summed E-state index contributed by atoms with van der Waals surface area (Å²) < 4.78 is 0. The van der Waals surface area contributed by atoms with Crippen molar-refractivity contribution in [2.45, 2.75) is 45.2 Å². The standard InChI is InChI=1S/C13H19N3O3S/c1-8(17)15-13-16-11(7-20-13)6-14-10-4-2-3-9(5-10)12(18)19/h7,9-10,14H,2-6H2,1H3,(H,18,19)(H,15,16,17). The Labute approximate surface area is 121 Å². The monoisotopic (exact) mass is 297 g/mol. The summed E-state index contributed by atoms with van der Waals surface area (Å²) in [5, 5.41) is 17.6. The predicted molar refractivity (Wildman–Crippen MR) is 76.6 cm³/mol. The zero-order chi connectivity index (χ0) is 14.5. The first-order valence-corrected chi connectivity index (χ1v) is 7.60. The van der Waals surface area contributed by atoms with Crippen LogP contribution in [0.4, 0.5) is 5.13 Å². The fraction of sp³-hybridized carbons (Fsp3) is 0.615. The lowest BCUT2D eigenvalue weighted by molar-refractivity contribution is -0.143. The van der Waals surface area contributed by atoms with Gasteiger partial charge >= 0.3 is 5.97 Å². The summed E-state index contributed by atoms with van der Waals surface area (Å²) >= 11 is 1.39. The topological polar surface area (TPSA) is 91.3 Å². The molecule has 2 unspecified atom stereocenters. The van der Waals surface area contributed by atoms with Gasteiger partial charge in [-0.2, -0.15) is 0 Å². The van der Waals surface area contributed by atoms with Crippen LogP contribution in [0.15, 0.2) is 5.38 Å². The summed E-state index contributed by atoms with van der Waals surface area (Å²) in [6, 6.07) is 0.232. The van der Waals surface area contributed by atoms with E-state index < -0.39 is 5.97 Å². The molecule has 1 saturated carbocycles. The van der Waals surface area contributed by atoms with E-state index in [1.54, 1.807) is 0 Å². The van der Waals surface area contributed by atoms with Gasteiger partial charge in [-0.3, -0.25) is 9.59 Å². The fourth-order valence-electron chi connectivity index (χ4n) is 2.44. The summed E-state index contributed by atoms with van der Waals surface area (Å²) in [5.41, 5.74) is 0.871. The van der Waals surface area contributed by atoms with E-state index in [1.807, 2.05) is 5.38 Å². The number of amides is 1. The maximum Gasteiger partial charge on any atom is 0.306 e. The number of hydrogen-bond acceptors (Lipinski definition) is 5. The minimum Gasteiger partial charge on any atom is -0.481 e. The van der Waals surface area contributed by atoms with Crippen molar-refractivity contribution >= 4 is 28.3 Å². The number of nitrogens with zero attached hydrogens (tertiary/aromatic N) is 1. The molecule has 0 spiro atoms. The van der Waals surface area contributed by atoms with Gasteiger partial charge in [0.1, 0.15) is 0 Å². The first kappa shape index (κ1) is 14.9. The third-order valence-corrected chi connectivity index (χ3v) is 4.24. The molecule has 0 aliphatic heterocycles. The SMILES string of the molecule is CC(=O)Nc1nc(CNC2CCCC(C(=O)O)C2)cs1. The van der Waals surface area contributed by atoms with Crippen LogP contribution in [0.1, 0.15) is 38.3 Å². The first-order chi connectivity index (χ1) is 9.54. The number of carbonyl (C=O) groups is 2. The van der Waals surface area contributed by atoms with Crippen LogP contribution in [0, 0.1) is 5.92 Å². The molecule has 3 N–H and O–H groups in total. The number of thiazole rings is 1. The molecule has 0 saturated heterocycles. The smallest absolute Gasteiger partial charge is 0.306 e. The molecule has 0 radical (unpaired) electrons. The number of anilines is 1. The maximum atomic E-state index is 11.0. The number of carbonyl (C=O) groups excluding carboxylic acids is 1. The lowest BCUT2D eigenvalue weighted by atomic mass is 9.86. The van der Waals surface area contributed by atoms with Gasteiger partial charge < -0.3 is 15.7 Å². The van der Waals surface area contributed by atoms with Gasteiger partial charge in [0.25, 0.3) is 0 Å². The number of aliphatic carboxylic acids is 1. The second-order valence-electron chi connectivity index (χ2n) is 5.10. The van der Waals surface area contributed by atoms with Gasteiger partial charge in [-0.05, 0) is 19.3 Å². The van der Waals surface area contributed by atoms with E-state index in [0.717, 1.165) is 25.0 Å². The number of rotatable bonds is 5. The average molecular weight is 297 g/mol. The van der Waals surface area contributed by atoms with E-state index in [-0.39, 0.29) is 17.9 Å². The van der Waals surface area contributed by atoms with Crippen LogP contribution in [0.25, 0.3) is 0 Å². The Balaban J connectivity index is 1.81. The number of carboxylic acid groups (broad SMARTS) is 1. The zero-order valence-corrected chi connectivity index (χ0v) is 12.2. The van der Waals surface area contributed by atoms with Crippen molar-refractivity contribution in [1.29, 1.82) is 0 Å². The largest absolute Gasteiger partial charge is 0.481 e. The summed E-state index contributed by atoms with van der Waals surface area (Å²) in [4.78, 5) is 26.2. The van der Waals surface area contributed by atoms with Crippen LogP contribution < -0.4 is 10.6 Å². The predicted octanol–water partition coefficient (Wildman–Crippen LogP) is 1.83. The Morgan fingerprint density at radius 2 is 2.30 bits per heavy atom. The minimum atomic E-state index is -0.696. The van der Waals surface area contributed by atoms with Crippen LogP contribution in [-0.4, -0.2) is 28.0 Å². The highest BCUT2D eigenvalue weighted by Gasteiger charge is 2.26. The fourth-order valence-corrected chi connectivity index (χ4v) is 3.20. The van der Waals surface area contributed by atoms with Crippen LogP contribution in [0.3, 0.4) is 0 Å². The highest BCUT2D eigenvalue weighted by Crippen LogP contribution is 2.25. The molecule has 1 aromatic rings. The van der Waals surface area contributed by atoms with E-state index in [1.165, 1.54) is 18.3 Å². The van der Waals surface area contributed by atoms with Gasteiger partial charge in [-0.1, -0.05) is 6.42 Å². The summed E-state index contributed by atoms with van der Waals surface area (Å²) in [6.07, 6.45) is 3.41. The maximum absolute atomic E-state index is 11.0. The molecule has 1 fully saturated rings. The molecule has 1 aliphatic rings. The quantitative estimate of drug-likeness (QED) is 0.771. The van der Waals surface area contributed by atoms with E-state index in [2.05, 4.69) is 15.6 Å². The minimum absolute atomic E-state index is 0.129. The molecule has 1 aliphatic carbocycles. The first-order valence-electron chi connectivity index (χ1n) is 6.73. The van der Waals surface area contributed by atoms with Crippen molar-refractivity contribution in [3.05, 3.63) is 11.1 Å². The number of hydrogen-bond donors (Lipinski definition) is 3. The van der Waals surface area contributed by atoms with Gasteiger partial charge in [0.15, 0.2) is 5.13 Å². The van der Waals surface area contributed by atoms with Crippen LogP contribution in [0.5, 0.6) is 0 Å². The molecule has 0 aromatic carbocycles. The van der Waals surface area contributed by atoms with Crippen molar-refractivity contribution in [2.24, 2.45) is 5.92 Å². The van der Waals surface area contributed by atoms with Crippen LogP contribution in [-0.2, 0) is 16.1 Å². The molecule has 2 atom stereocenters. The van der Waals surface area contributed by atoms with Crippen LogP contribution >= 0.6 is 11.3 Å². The molecular formula is C13H19N3O3S. The van der Waals surface area contributed by atoms with Gasteiger partial charge in [0, 0.05) is 24.9 Å². The number of carboxylic acids is 1. The number of aromatic nitrogens is 1. The van der Waals surface area contributed by atoms with Gasteiger partial charge in [-0.15, -0.1) is 11.3 Å². The van der Waals surface area contributed by atoms with Crippen molar-refractivity contribution < 1.29 is 14.7 Å². The van der Waals surface area contributed by atoms with Crippen molar-refractivity contribution in [3.8, 4) is 0 Å². The molecule has 110 valence electrons. The molecule has 0 bridgehead atoms. The summed E-state index contributed by atoms with van der Waals surface area (Å²) in [7, 11) is 0. The lowest BCUT2D eigenvalue weighted by Gasteiger charge is -2.27. The second kappa shape index (κ2) is 6.81. The van der Waals surface area contributed by atoms with Crippen LogP contribution in [0.2, 0.25) is 0 Å². The molecule has 1 amide bonds. The van der Waals surface area contributed by atoms with Gasteiger partial charge in [-0.25, -0.2) is 4.98 Å². The van der Waals surface area contributed by atoms with E-state index in [4.69, 9.17) is 5.11 Å². The normalized spacial score (nSPS) is 22.4. The molecular weight excluding hydrogens is 278 g/mol. The molecule has 6 nitrogen and oxygen atoms in total. The molecule has 1 heterocycles. The van der Waals surface area contributed by atoms with Crippen molar-refractivity contribution in [3.63, 3.8) is 0 Å². The Bertz CT molecular complexity index is 489. The Kier molecular flexibility index (Phi) is 5.08. The second-order valence-corrected chi connectivity index (χ2v) is 5.96. The Morgan fingerprint density at radius 3 is 3.00 bits per heavy atom. The molecule has 1 aromatic heterocycles. The highest BCUT2D eigenvalue weighted by atomic mass is 32.1. The average Bonchev–Trinajstić information content (AvgIpc) is 2.83. The zero-order valence-electron chi connectivity index (χ0n) is 11.4. The Morgan fingerprint density at radius 1 is 1.50 bits per heavy atom. The molecule has 2 rings (SSSR count). The summed E-state index contributed by atoms with van der Waals surface area (Å²) in [5.74, 6) is -1.06. The third-order valence-electron chi connectivity index (χ3n) is 3.43. The molecule has 7 heteroatoms. The lowest BCUT2D eigenvalue weighted by Crippen LogP contribution is -2.36. The van der Waals surface area contributed by atoms with Crippen molar-refractivity contribution in [2.75, 3.05) is 5.32 Å². The molecule has 20 heavy (non-hydrogen) atoms. The Hall–Kier alpha value is -1.47. The highest BCUT2D eigenvalue weighted by molar-refractivity contribution is 7.13. The van der Waals surface area contributed by atoms with E-state index >= 15 is 0 Å². The van der Waals surface area contributed by atoms with E-state index in [0.29, 0.717) is 18.1 Å². The number of nitrogens with one attached hydrogen (secondary N) is 2. The van der Waals surface area contributed by atoms with Gasteiger partial charge in [0.2, 0.25) is 5.91 Å². The van der Waals surface area contributed by atoms with E-state index in [9.17, 15) is 9.59 Å².